The average molecular weight is 315 g/mol. The van der Waals surface area contributed by atoms with Gasteiger partial charge in [-0.2, -0.15) is 0 Å². The van der Waals surface area contributed by atoms with E-state index in [1.54, 1.807) is 7.11 Å². The fourth-order valence-corrected chi connectivity index (χ4v) is 1.72. The SMILES string of the molecule is COC(C)(C)CNCC(=O)Nc1cccc(Br)c1. The van der Waals surface area contributed by atoms with E-state index in [1.807, 2.05) is 38.1 Å². The van der Waals surface area contributed by atoms with Gasteiger partial charge in [-0.1, -0.05) is 22.0 Å². The van der Waals surface area contributed by atoms with Crippen molar-refractivity contribution < 1.29 is 9.53 Å². The van der Waals surface area contributed by atoms with E-state index in [-0.39, 0.29) is 18.1 Å². The number of halogens is 1. The molecule has 0 saturated heterocycles. The number of carbonyl (C=O) groups is 1. The molecule has 0 radical (unpaired) electrons. The molecule has 0 fully saturated rings. The summed E-state index contributed by atoms with van der Waals surface area (Å²) in [6, 6.07) is 7.49. The van der Waals surface area contributed by atoms with Crippen LogP contribution in [0.25, 0.3) is 0 Å². The number of methoxy groups -OCH3 is 1. The minimum Gasteiger partial charge on any atom is -0.377 e. The van der Waals surface area contributed by atoms with Gasteiger partial charge in [0.05, 0.1) is 12.1 Å². The fourth-order valence-electron chi connectivity index (χ4n) is 1.32. The molecule has 0 saturated carbocycles. The van der Waals surface area contributed by atoms with Gasteiger partial charge in [0.1, 0.15) is 0 Å². The van der Waals surface area contributed by atoms with Gasteiger partial charge in [0.15, 0.2) is 0 Å². The molecule has 0 unspecified atom stereocenters. The lowest BCUT2D eigenvalue weighted by atomic mass is 10.1. The van der Waals surface area contributed by atoms with Crippen LogP contribution in [0, 0.1) is 0 Å². The summed E-state index contributed by atoms with van der Waals surface area (Å²) in [4.78, 5) is 11.7. The molecular weight excluding hydrogens is 296 g/mol. The molecule has 1 rings (SSSR count). The van der Waals surface area contributed by atoms with Crippen molar-refractivity contribution >= 4 is 27.5 Å². The van der Waals surface area contributed by atoms with Crippen LogP contribution in [0.1, 0.15) is 13.8 Å². The topological polar surface area (TPSA) is 50.4 Å². The van der Waals surface area contributed by atoms with Crippen molar-refractivity contribution in [1.82, 2.24) is 5.32 Å². The zero-order valence-corrected chi connectivity index (χ0v) is 12.5. The van der Waals surface area contributed by atoms with Gasteiger partial charge in [-0.25, -0.2) is 0 Å². The number of hydrogen-bond donors (Lipinski definition) is 2. The van der Waals surface area contributed by atoms with Crippen molar-refractivity contribution in [3.05, 3.63) is 28.7 Å². The van der Waals surface area contributed by atoms with E-state index in [4.69, 9.17) is 4.74 Å². The van der Waals surface area contributed by atoms with Crippen molar-refractivity contribution in [3.8, 4) is 0 Å². The van der Waals surface area contributed by atoms with Crippen LogP contribution < -0.4 is 10.6 Å². The van der Waals surface area contributed by atoms with E-state index in [2.05, 4.69) is 26.6 Å². The lowest BCUT2D eigenvalue weighted by molar-refractivity contribution is -0.115. The van der Waals surface area contributed by atoms with E-state index in [1.165, 1.54) is 0 Å². The Bertz CT molecular complexity index is 408. The van der Waals surface area contributed by atoms with Crippen molar-refractivity contribution in [2.75, 3.05) is 25.5 Å². The van der Waals surface area contributed by atoms with E-state index in [0.717, 1.165) is 10.2 Å². The van der Waals surface area contributed by atoms with E-state index < -0.39 is 0 Å². The van der Waals surface area contributed by atoms with Crippen LogP contribution in [0.5, 0.6) is 0 Å². The van der Waals surface area contributed by atoms with Gasteiger partial charge in [0, 0.05) is 23.8 Å². The summed E-state index contributed by atoms with van der Waals surface area (Å²) in [7, 11) is 1.66. The first kappa shape index (κ1) is 15.1. The number of hydrogen-bond acceptors (Lipinski definition) is 3. The van der Waals surface area contributed by atoms with Crippen LogP contribution >= 0.6 is 15.9 Å². The molecule has 0 spiro atoms. The van der Waals surface area contributed by atoms with Gasteiger partial charge in [0.25, 0.3) is 0 Å². The second kappa shape index (κ2) is 6.87. The van der Waals surface area contributed by atoms with Gasteiger partial charge in [0.2, 0.25) is 5.91 Å². The predicted octanol–water partition coefficient (Wildman–Crippen LogP) is 2.40. The molecule has 1 amide bonds. The highest BCUT2D eigenvalue weighted by Crippen LogP contribution is 2.15. The highest BCUT2D eigenvalue weighted by Gasteiger charge is 2.15. The molecule has 0 aliphatic carbocycles. The molecule has 2 N–H and O–H groups in total. The van der Waals surface area contributed by atoms with Gasteiger partial charge in [-0.15, -0.1) is 0 Å². The number of benzene rings is 1. The Labute approximate surface area is 116 Å². The molecule has 0 bridgehead atoms. The minimum atomic E-state index is -0.268. The van der Waals surface area contributed by atoms with E-state index >= 15 is 0 Å². The average Bonchev–Trinajstić information content (AvgIpc) is 2.28. The van der Waals surface area contributed by atoms with Crippen LogP contribution in [0.3, 0.4) is 0 Å². The first-order chi connectivity index (χ1) is 8.43. The Balaban J connectivity index is 2.34. The highest BCUT2D eigenvalue weighted by molar-refractivity contribution is 9.10. The minimum absolute atomic E-state index is 0.0694. The zero-order chi connectivity index (χ0) is 13.6. The molecule has 0 aliphatic rings. The molecule has 4 nitrogen and oxygen atoms in total. The Hall–Kier alpha value is -0.910. The summed E-state index contributed by atoms with van der Waals surface area (Å²) in [5.41, 5.74) is 0.512. The Morgan fingerprint density at radius 1 is 1.44 bits per heavy atom. The van der Waals surface area contributed by atoms with Crippen molar-refractivity contribution in [1.29, 1.82) is 0 Å². The molecule has 0 aliphatic heterocycles. The van der Waals surface area contributed by atoms with Gasteiger partial charge >= 0.3 is 0 Å². The summed E-state index contributed by atoms with van der Waals surface area (Å²) in [5.74, 6) is -0.0694. The molecule has 1 aromatic carbocycles. The van der Waals surface area contributed by atoms with Crippen LogP contribution in [-0.2, 0) is 9.53 Å². The lowest BCUT2D eigenvalue weighted by Crippen LogP contribution is -2.40. The van der Waals surface area contributed by atoms with Crippen LogP contribution in [0.4, 0.5) is 5.69 Å². The lowest BCUT2D eigenvalue weighted by Gasteiger charge is -2.23. The van der Waals surface area contributed by atoms with E-state index in [0.29, 0.717) is 6.54 Å². The highest BCUT2D eigenvalue weighted by atomic mass is 79.9. The first-order valence-corrected chi connectivity index (χ1v) is 6.53. The number of carbonyl (C=O) groups excluding carboxylic acids is 1. The molecule has 100 valence electrons. The van der Waals surface area contributed by atoms with Gasteiger partial charge < -0.3 is 15.4 Å². The first-order valence-electron chi connectivity index (χ1n) is 5.74. The van der Waals surface area contributed by atoms with E-state index in [9.17, 15) is 4.79 Å². The molecule has 0 aromatic heterocycles. The molecule has 0 atom stereocenters. The van der Waals surface area contributed by atoms with Crippen LogP contribution in [0.2, 0.25) is 0 Å². The Kier molecular flexibility index (Phi) is 5.78. The maximum absolute atomic E-state index is 11.7. The summed E-state index contributed by atoms with van der Waals surface area (Å²) < 4.78 is 6.19. The maximum atomic E-state index is 11.7. The summed E-state index contributed by atoms with van der Waals surface area (Å²) in [5, 5.41) is 5.88. The number of ether oxygens (including phenoxy) is 1. The Morgan fingerprint density at radius 2 is 2.17 bits per heavy atom. The molecule has 0 heterocycles. The zero-order valence-electron chi connectivity index (χ0n) is 10.9. The normalized spacial score (nSPS) is 11.3. The maximum Gasteiger partial charge on any atom is 0.238 e. The van der Waals surface area contributed by atoms with Gasteiger partial charge in [-0.05, 0) is 32.0 Å². The fraction of sp³-hybridized carbons (Fsp3) is 0.462. The largest absolute Gasteiger partial charge is 0.377 e. The second-order valence-electron chi connectivity index (χ2n) is 4.63. The number of anilines is 1. The predicted molar refractivity (Wildman–Crippen MR) is 76.7 cm³/mol. The monoisotopic (exact) mass is 314 g/mol. The van der Waals surface area contributed by atoms with Crippen LogP contribution in [-0.4, -0.2) is 31.7 Å². The smallest absolute Gasteiger partial charge is 0.238 e. The summed E-state index contributed by atoms with van der Waals surface area (Å²) >= 11 is 3.36. The molecule has 5 heteroatoms. The quantitative estimate of drug-likeness (QED) is 0.847. The number of nitrogens with one attached hydrogen (secondary N) is 2. The van der Waals surface area contributed by atoms with Gasteiger partial charge in [-0.3, -0.25) is 4.79 Å². The third-order valence-corrected chi connectivity index (χ3v) is 2.99. The second-order valence-corrected chi connectivity index (χ2v) is 5.54. The number of rotatable bonds is 6. The number of amides is 1. The summed E-state index contributed by atoms with van der Waals surface area (Å²) in [6.07, 6.45) is 0. The molecule has 1 aromatic rings. The Morgan fingerprint density at radius 3 is 2.78 bits per heavy atom. The third-order valence-electron chi connectivity index (χ3n) is 2.50. The van der Waals surface area contributed by atoms with Crippen LogP contribution in [0.15, 0.2) is 28.7 Å². The summed E-state index contributed by atoms with van der Waals surface area (Å²) in [6.45, 7) is 4.81. The molecule has 18 heavy (non-hydrogen) atoms. The molecular formula is C13H19BrN2O2. The third kappa shape index (κ3) is 5.62. The standard InChI is InChI=1S/C13H19BrN2O2/c1-13(2,18-3)9-15-8-12(17)16-11-6-4-5-10(14)7-11/h4-7,15H,8-9H2,1-3H3,(H,16,17). The van der Waals surface area contributed by atoms with Crippen molar-refractivity contribution in [2.45, 2.75) is 19.4 Å². The van der Waals surface area contributed by atoms with Crippen molar-refractivity contribution in [2.24, 2.45) is 0 Å². The van der Waals surface area contributed by atoms with Crippen molar-refractivity contribution in [3.63, 3.8) is 0 Å².